The fourth-order valence-corrected chi connectivity index (χ4v) is 3.60. The lowest BCUT2D eigenvalue weighted by Gasteiger charge is -2.31. The molecule has 28 heavy (non-hydrogen) atoms. The van der Waals surface area contributed by atoms with E-state index in [-0.39, 0.29) is 11.9 Å². The van der Waals surface area contributed by atoms with Crippen LogP contribution in [0.15, 0.2) is 52.9 Å². The van der Waals surface area contributed by atoms with Crippen molar-refractivity contribution in [3.8, 4) is 17.2 Å². The molecule has 0 aliphatic carbocycles. The van der Waals surface area contributed by atoms with E-state index < -0.39 is 0 Å². The minimum Gasteiger partial charge on any atom is -0.490 e. The van der Waals surface area contributed by atoms with Crippen LogP contribution in [0.4, 0.5) is 4.39 Å². The molecule has 2 heterocycles. The third kappa shape index (κ3) is 4.25. The van der Waals surface area contributed by atoms with Crippen molar-refractivity contribution in [3.05, 3.63) is 71.4 Å². The largest absolute Gasteiger partial charge is 0.490 e. The average molecular weight is 380 g/mol. The molecule has 4 nitrogen and oxygen atoms in total. The highest BCUT2D eigenvalue weighted by Crippen LogP contribution is 2.26. The molecule has 2 aromatic carbocycles. The molecule has 1 aromatic heterocycles. The van der Waals surface area contributed by atoms with Crippen LogP contribution in [0, 0.1) is 19.7 Å². The van der Waals surface area contributed by atoms with E-state index in [9.17, 15) is 4.39 Å². The van der Waals surface area contributed by atoms with Gasteiger partial charge in [-0.25, -0.2) is 9.37 Å². The fraction of sp³-hybridized carbons (Fsp3) is 0.348. The molecule has 1 aliphatic heterocycles. The second-order valence-electron chi connectivity index (χ2n) is 7.41. The molecule has 1 aliphatic rings. The van der Waals surface area contributed by atoms with Crippen LogP contribution in [0.25, 0.3) is 11.5 Å². The van der Waals surface area contributed by atoms with E-state index >= 15 is 0 Å². The molecular formula is C23H25FN2O2. The highest BCUT2D eigenvalue weighted by molar-refractivity contribution is 5.54. The van der Waals surface area contributed by atoms with Gasteiger partial charge >= 0.3 is 0 Å². The SMILES string of the molecule is Cc1cccc(OC2CCN(Cc3nc(-c4ccccc4F)oc3C)CC2)c1. The third-order valence-corrected chi connectivity index (χ3v) is 5.20. The van der Waals surface area contributed by atoms with Crippen molar-refractivity contribution in [2.75, 3.05) is 13.1 Å². The van der Waals surface area contributed by atoms with E-state index in [1.807, 2.05) is 19.1 Å². The van der Waals surface area contributed by atoms with Crippen molar-refractivity contribution in [2.24, 2.45) is 0 Å². The van der Waals surface area contributed by atoms with Crippen LogP contribution in [0.2, 0.25) is 0 Å². The first-order valence-electron chi connectivity index (χ1n) is 9.75. The summed E-state index contributed by atoms with van der Waals surface area (Å²) in [6.07, 6.45) is 2.20. The van der Waals surface area contributed by atoms with Crippen molar-refractivity contribution < 1.29 is 13.5 Å². The molecule has 4 rings (SSSR count). The molecule has 3 aromatic rings. The Bertz CT molecular complexity index is 945. The standard InChI is InChI=1S/C23H25FN2O2/c1-16-6-5-7-19(14-16)28-18-10-12-26(13-11-18)15-22-17(2)27-23(25-22)20-8-3-4-9-21(20)24/h3-9,14,18H,10-13,15H2,1-2H3. The van der Waals surface area contributed by atoms with Gasteiger partial charge in [0.25, 0.3) is 0 Å². The molecule has 0 spiro atoms. The number of aromatic nitrogens is 1. The molecule has 146 valence electrons. The summed E-state index contributed by atoms with van der Waals surface area (Å²) < 4.78 is 25.9. The Kier molecular flexibility index (Phi) is 5.44. The summed E-state index contributed by atoms with van der Waals surface area (Å²) in [5.41, 5.74) is 2.49. The molecule has 0 saturated carbocycles. The molecular weight excluding hydrogens is 355 g/mol. The second kappa shape index (κ2) is 8.15. The number of benzene rings is 2. The van der Waals surface area contributed by atoms with Crippen molar-refractivity contribution in [3.63, 3.8) is 0 Å². The van der Waals surface area contributed by atoms with Gasteiger partial charge in [0, 0.05) is 19.6 Å². The van der Waals surface area contributed by atoms with Gasteiger partial charge in [-0.3, -0.25) is 4.90 Å². The number of ether oxygens (including phenoxy) is 1. The Labute approximate surface area is 165 Å². The van der Waals surface area contributed by atoms with Crippen molar-refractivity contribution in [1.82, 2.24) is 9.88 Å². The molecule has 0 bridgehead atoms. The minimum absolute atomic E-state index is 0.241. The molecule has 1 fully saturated rings. The van der Waals surface area contributed by atoms with E-state index in [1.54, 1.807) is 18.2 Å². The van der Waals surface area contributed by atoms with Gasteiger partial charge in [0.1, 0.15) is 23.4 Å². The lowest BCUT2D eigenvalue weighted by atomic mass is 10.1. The summed E-state index contributed by atoms with van der Waals surface area (Å²) in [6.45, 7) is 6.56. The molecule has 0 radical (unpaired) electrons. The summed E-state index contributed by atoms with van der Waals surface area (Å²) in [4.78, 5) is 6.91. The van der Waals surface area contributed by atoms with Crippen LogP contribution in [0.3, 0.4) is 0 Å². The first kappa shape index (κ1) is 18.7. The van der Waals surface area contributed by atoms with Gasteiger partial charge in [0.15, 0.2) is 0 Å². The number of hydrogen-bond acceptors (Lipinski definition) is 4. The highest BCUT2D eigenvalue weighted by atomic mass is 19.1. The van der Waals surface area contributed by atoms with Crippen LogP contribution in [0.5, 0.6) is 5.75 Å². The van der Waals surface area contributed by atoms with Gasteiger partial charge in [-0.2, -0.15) is 0 Å². The summed E-state index contributed by atoms with van der Waals surface area (Å²) in [7, 11) is 0. The summed E-state index contributed by atoms with van der Waals surface area (Å²) in [5.74, 6) is 1.73. The fourth-order valence-electron chi connectivity index (χ4n) is 3.60. The number of piperidine rings is 1. The van der Waals surface area contributed by atoms with Crippen molar-refractivity contribution in [2.45, 2.75) is 39.3 Å². The average Bonchev–Trinajstić information content (AvgIpc) is 3.04. The molecule has 1 saturated heterocycles. The number of aryl methyl sites for hydroxylation is 2. The zero-order chi connectivity index (χ0) is 19.5. The van der Waals surface area contributed by atoms with Crippen LogP contribution in [0.1, 0.15) is 29.9 Å². The van der Waals surface area contributed by atoms with Gasteiger partial charge < -0.3 is 9.15 Å². The maximum Gasteiger partial charge on any atom is 0.229 e. The Morgan fingerprint density at radius 1 is 1.11 bits per heavy atom. The van der Waals surface area contributed by atoms with Gasteiger partial charge in [-0.05, 0) is 56.5 Å². The lowest BCUT2D eigenvalue weighted by molar-refractivity contribution is 0.0959. The number of nitrogens with zero attached hydrogens (tertiary/aromatic N) is 2. The quantitative estimate of drug-likeness (QED) is 0.614. The second-order valence-corrected chi connectivity index (χ2v) is 7.41. The van der Waals surface area contributed by atoms with E-state index in [0.29, 0.717) is 18.0 Å². The Hall–Kier alpha value is -2.66. The van der Waals surface area contributed by atoms with Gasteiger partial charge in [-0.1, -0.05) is 24.3 Å². The highest BCUT2D eigenvalue weighted by Gasteiger charge is 2.23. The van der Waals surface area contributed by atoms with Gasteiger partial charge in [0.2, 0.25) is 5.89 Å². The smallest absolute Gasteiger partial charge is 0.229 e. The zero-order valence-electron chi connectivity index (χ0n) is 16.3. The molecule has 5 heteroatoms. The topological polar surface area (TPSA) is 38.5 Å². The van der Waals surface area contributed by atoms with Crippen molar-refractivity contribution in [1.29, 1.82) is 0 Å². The van der Waals surface area contributed by atoms with Crippen LogP contribution in [-0.2, 0) is 6.54 Å². The lowest BCUT2D eigenvalue weighted by Crippen LogP contribution is -2.38. The Morgan fingerprint density at radius 3 is 2.64 bits per heavy atom. The maximum absolute atomic E-state index is 14.0. The van der Waals surface area contributed by atoms with E-state index in [4.69, 9.17) is 9.15 Å². The number of halogens is 1. The van der Waals surface area contributed by atoms with Crippen LogP contribution in [-0.4, -0.2) is 29.1 Å². The van der Waals surface area contributed by atoms with Crippen LogP contribution < -0.4 is 4.74 Å². The number of rotatable bonds is 5. The Morgan fingerprint density at radius 2 is 1.89 bits per heavy atom. The predicted molar refractivity (Wildman–Crippen MR) is 107 cm³/mol. The number of oxazole rings is 1. The minimum atomic E-state index is -0.315. The Balaban J connectivity index is 1.36. The number of hydrogen-bond donors (Lipinski definition) is 0. The summed E-state index contributed by atoms with van der Waals surface area (Å²) in [6, 6.07) is 14.8. The van der Waals surface area contributed by atoms with E-state index in [0.717, 1.165) is 43.1 Å². The van der Waals surface area contributed by atoms with E-state index in [1.165, 1.54) is 11.6 Å². The zero-order valence-corrected chi connectivity index (χ0v) is 16.3. The monoisotopic (exact) mass is 380 g/mol. The molecule has 0 atom stereocenters. The first-order valence-corrected chi connectivity index (χ1v) is 9.75. The van der Waals surface area contributed by atoms with Crippen LogP contribution >= 0.6 is 0 Å². The number of likely N-dealkylation sites (tertiary alicyclic amines) is 1. The van der Waals surface area contributed by atoms with Gasteiger partial charge in [0.05, 0.1) is 11.3 Å². The molecule has 0 amide bonds. The maximum atomic E-state index is 14.0. The third-order valence-electron chi connectivity index (χ3n) is 5.20. The van der Waals surface area contributed by atoms with Crippen molar-refractivity contribution >= 4 is 0 Å². The first-order chi connectivity index (χ1) is 13.6. The summed E-state index contributed by atoms with van der Waals surface area (Å²) >= 11 is 0. The van der Waals surface area contributed by atoms with E-state index in [2.05, 4.69) is 28.9 Å². The summed E-state index contributed by atoms with van der Waals surface area (Å²) in [5, 5.41) is 0. The predicted octanol–water partition coefficient (Wildman–Crippen LogP) is 5.14. The molecule has 0 N–H and O–H groups in total. The molecule has 0 unspecified atom stereocenters. The normalized spacial score (nSPS) is 15.7. The van der Waals surface area contributed by atoms with Gasteiger partial charge in [-0.15, -0.1) is 0 Å².